The molecule has 2 aromatic carbocycles. The molecule has 0 saturated heterocycles. The van der Waals surface area contributed by atoms with E-state index in [1.807, 2.05) is 27.7 Å². The van der Waals surface area contributed by atoms with Crippen molar-refractivity contribution in [3.05, 3.63) is 59.7 Å². The molecule has 1 atom stereocenters. The number of carbonyl (C=O) groups excluding carboxylic acids is 2. The third-order valence-electron chi connectivity index (χ3n) is 3.96. The van der Waals surface area contributed by atoms with Crippen molar-refractivity contribution in [2.24, 2.45) is 11.8 Å². The van der Waals surface area contributed by atoms with Crippen molar-refractivity contribution in [3.8, 4) is 0 Å². The fraction of sp³-hybridized carbons (Fsp3) is 0.364. The number of nitrogens with one attached hydrogen (secondary N) is 1. The molecule has 0 saturated carbocycles. The molecular formula is C22H25F2NO3S. The zero-order valence-electron chi connectivity index (χ0n) is 16.9. The van der Waals surface area contributed by atoms with Crippen LogP contribution in [0.5, 0.6) is 0 Å². The fourth-order valence-electron chi connectivity index (χ4n) is 2.42. The molecule has 2 rings (SSSR count). The predicted octanol–water partition coefficient (Wildman–Crippen LogP) is 5.53. The molecule has 0 aliphatic carbocycles. The van der Waals surface area contributed by atoms with Crippen LogP contribution in [0.3, 0.4) is 0 Å². The zero-order chi connectivity index (χ0) is 21.6. The lowest BCUT2D eigenvalue weighted by Gasteiger charge is -2.20. The Morgan fingerprint density at radius 1 is 1.03 bits per heavy atom. The maximum Gasteiger partial charge on any atom is 0.319 e. The predicted molar refractivity (Wildman–Crippen MR) is 111 cm³/mol. The third-order valence-corrected chi connectivity index (χ3v) is 5.51. The normalized spacial score (nSPS) is 12.1. The molecular weight excluding hydrogens is 396 g/mol. The van der Waals surface area contributed by atoms with Gasteiger partial charge in [-0.05, 0) is 30.0 Å². The van der Waals surface area contributed by atoms with Crippen LogP contribution in [0.2, 0.25) is 0 Å². The first kappa shape index (κ1) is 22.9. The Labute approximate surface area is 174 Å². The van der Waals surface area contributed by atoms with Crippen molar-refractivity contribution < 1.29 is 23.1 Å². The summed E-state index contributed by atoms with van der Waals surface area (Å²) in [5.74, 6) is -2.60. The quantitative estimate of drug-likeness (QED) is 0.450. The molecule has 29 heavy (non-hydrogen) atoms. The molecule has 1 unspecified atom stereocenters. The summed E-state index contributed by atoms with van der Waals surface area (Å²) in [5.41, 5.74) is 0.198. The van der Waals surface area contributed by atoms with Gasteiger partial charge < -0.3 is 10.1 Å². The van der Waals surface area contributed by atoms with Gasteiger partial charge in [-0.1, -0.05) is 45.9 Å². The highest BCUT2D eigenvalue weighted by molar-refractivity contribution is 8.00. The van der Waals surface area contributed by atoms with Crippen LogP contribution in [0.15, 0.2) is 47.4 Å². The molecule has 0 heterocycles. The molecule has 1 amide bonds. The van der Waals surface area contributed by atoms with Crippen molar-refractivity contribution in [2.75, 3.05) is 11.9 Å². The molecule has 0 bridgehead atoms. The second kappa shape index (κ2) is 10.4. The van der Waals surface area contributed by atoms with E-state index in [0.29, 0.717) is 11.6 Å². The number of thioether (sulfide) groups is 1. The van der Waals surface area contributed by atoms with Gasteiger partial charge in [-0.2, -0.15) is 0 Å². The molecule has 0 radical (unpaired) electrons. The highest BCUT2D eigenvalue weighted by Crippen LogP contribution is 2.34. The van der Waals surface area contributed by atoms with Gasteiger partial charge >= 0.3 is 5.97 Å². The zero-order valence-corrected chi connectivity index (χ0v) is 17.7. The van der Waals surface area contributed by atoms with E-state index >= 15 is 0 Å². The van der Waals surface area contributed by atoms with E-state index in [2.05, 4.69) is 5.32 Å². The molecule has 1 N–H and O–H groups in total. The number of anilines is 1. The van der Waals surface area contributed by atoms with Gasteiger partial charge in [0.2, 0.25) is 0 Å². The molecule has 0 aromatic heterocycles. The number of carbonyl (C=O) groups is 2. The lowest BCUT2D eigenvalue weighted by molar-refractivity contribution is -0.144. The SMILES string of the molecule is CC(C)COC(=O)C(Sc1cc(NC(=O)c2ccccc2)c(F)cc1F)C(C)C. The number of rotatable bonds is 8. The van der Waals surface area contributed by atoms with Gasteiger partial charge in [0, 0.05) is 16.5 Å². The van der Waals surface area contributed by atoms with Crippen LogP contribution in [0, 0.1) is 23.5 Å². The summed E-state index contributed by atoms with van der Waals surface area (Å²) < 4.78 is 33.9. The van der Waals surface area contributed by atoms with E-state index in [4.69, 9.17) is 4.74 Å². The van der Waals surface area contributed by atoms with Crippen LogP contribution < -0.4 is 5.32 Å². The maximum absolute atomic E-state index is 14.4. The molecule has 2 aromatic rings. The van der Waals surface area contributed by atoms with Gasteiger partial charge in [-0.25, -0.2) is 8.78 Å². The van der Waals surface area contributed by atoms with Gasteiger partial charge in [-0.15, -0.1) is 11.8 Å². The number of halogens is 2. The molecule has 4 nitrogen and oxygen atoms in total. The van der Waals surface area contributed by atoms with Crippen molar-refractivity contribution in [2.45, 2.75) is 37.8 Å². The maximum atomic E-state index is 14.4. The first-order valence-corrected chi connectivity index (χ1v) is 10.3. The topological polar surface area (TPSA) is 55.4 Å². The molecule has 7 heteroatoms. The monoisotopic (exact) mass is 421 g/mol. The Morgan fingerprint density at radius 3 is 2.28 bits per heavy atom. The summed E-state index contributed by atoms with van der Waals surface area (Å²) in [7, 11) is 0. The minimum absolute atomic E-state index is 0.0648. The van der Waals surface area contributed by atoms with E-state index in [9.17, 15) is 18.4 Å². The second-order valence-electron chi connectivity index (χ2n) is 7.39. The molecule has 0 aliphatic rings. The number of hydrogen-bond donors (Lipinski definition) is 1. The number of esters is 1. The smallest absolute Gasteiger partial charge is 0.319 e. The minimum Gasteiger partial charge on any atom is -0.465 e. The summed E-state index contributed by atoms with van der Waals surface area (Å²) in [6, 6.07) is 10.2. The molecule has 0 fully saturated rings. The van der Waals surface area contributed by atoms with Crippen LogP contribution in [0.1, 0.15) is 38.1 Å². The second-order valence-corrected chi connectivity index (χ2v) is 8.57. The minimum atomic E-state index is -0.889. The summed E-state index contributed by atoms with van der Waals surface area (Å²) in [4.78, 5) is 24.8. The van der Waals surface area contributed by atoms with Gasteiger partial charge in [0.05, 0.1) is 12.3 Å². The Bertz CT molecular complexity index is 857. The number of ether oxygens (including phenoxy) is 1. The Kier molecular flexibility index (Phi) is 8.20. The van der Waals surface area contributed by atoms with Crippen LogP contribution in [-0.4, -0.2) is 23.7 Å². The Hall–Kier alpha value is -2.41. The first-order valence-electron chi connectivity index (χ1n) is 9.37. The summed E-state index contributed by atoms with van der Waals surface area (Å²) in [6.45, 7) is 7.77. The van der Waals surface area contributed by atoms with E-state index < -0.39 is 28.8 Å². The molecule has 0 aliphatic heterocycles. The molecule has 0 spiro atoms. The van der Waals surface area contributed by atoms with Crippen molar-refractivity contribution in [3.63, 3.8) is 0 Å². The lowest BCUT2D eigenvalue weighted by Crippen LogP contribution is -2.27. The largest absolute Gasteiger partial charge is 0.465 e. The fourth-order valence-corrected chi connectivity index (χ4v) is 3.49. The van der Waals surface area contributed by atoms with Crippen molar-refractivity contribution in [1.82, 2.24) is 0 Å². The average Bonchev–Trinajstić information content (AvgIpc) is 2.67. The van der Waals surface area contributed by atoms with Crippen molar-refractivity contribution >= 4 is 29.3 Å². The lowest BCUT2D eigenvalue weighted by atomic mass is 10.1. The van der Waals surface area contributed by atoms with E-state index in [0.717, 1.165) is 11.8 Å². The standard InChI is InChI=1S/C22H25F2NO3S/c1-13(2)12-28-22(27)20(14(3)4)29-19-11-18(16(23)10-17(19)24)25-21(26)15-8-6-5-7-9-15/h5-11,13-14,20H,12H2,1-4H3,(H,25,26). The third kappa shape index (κ3) is 6.56. The number of benzene rings is 2. The van der Waals surface area contributed by atoms with Gasteiger partial charge in [-0.3, -0.25) is 9.59 Å². The number of amides is 1. The highest BCUT2D eigenvalue weighted by atomic mass is 32.2. The van der Waals surface area contributed by atoms with Crippen LogP contribution in [0.25, 0.3) is 0 Å². The van der Waals surface area contributed by atoms with Crippen LogP contribution in [-0.2, 0) is 9.53 Å². The highest BCUT2D eigenvalue weighted by Gasteiger charge is 2.27. The summed E-state index contributed by atoms with van der Waals surface area (Å²) in [6.07, 6.45) is 0. The Balaban J connectivity index is 2.22. The summed E-state index contributed by atoms with van der Waals surface area (Å²) >= 11 is 0.961. The van der Waals surface area contributed by atoms with Gasteiger partial charge in [0.15, 0.2) is 0 Å². The summed E-state index contributed by atoms with van der Waals surface area (Å²) in [5, 5.41) is 1.80. The van der Waals surface area contributed by atoms with Crippen LogP contribution in [0.4, 0.5) is 14.5 Å². The van der Waals surface area contributed by atoms with E-state index in [1.54, 1.807) is 30.3 Å². The first-order chi connectivity index (χ1) is 13.7. The van der Waals surface area contributed by atoms with Gasteiger partial charge in [0.1, 0.15) is 16.9 Å². The van der Waals surface area contributed by atoms with Crippen LogP contribution >= 0.6 is 11.8 Å². The number of hydrogen-bond acceptors (Lipinski definition) is 4. The van der Waals surface area contributed by atoms with E-state index in [-0.39, 0.29) is 29.0 Å². The molecule has 156 valence electrons. The Morgan fingerprint density at radius 2 is 1.69 bits per heavy atom. The van der Waals surface area contributed by atoms with Crippen molar-refractivity contribution in [1.29, 1.82) is 0 Å². The average molecular weight is 422 g/mol. The van der Waals surface area contributed by atoms with Gasteiger partial charge in [0.25, 0.3) is 5.91 Å². The van der Waals surface area contributed by atoms with E-state index in [1.165, 1.54) is 6.07 Å².